The Labute approximate surface area is 393 Å². The SMILES string of the molecule is Cc1c([Si](Cl)(c2ccc(Cc3ccccc3)c(Cc3ccccc3)c2C)c2ccc(Cc3ccccc3)c(Cc3ccccc3)c2C)ccc(Cc2ccccc2)c1Cc1ccccc1. The summed E-state index contributed by atoms with van der Waals surface area (Å²) in [7, 11) is -3.33. The summed E-state index contributed by atoms with van der Waals surface area (Å²) in [6.07, 6.45) is 5.11. The molecule has 0 spiro atoms. The van der Waals surface area contributed by atoms with E-state index in [-0.39, 0.29) is 0 Å². The van der Waals surface area contributed by atoms with Gasteiger partial charge in [-0.15, -0.1) is 11.1 Å². The highest BCUT2D eigenvalue weighted by molar-refractivity contribution is 7.40. The van der Waals surface area contributed by atoms with Gasteiger partial charge in [0.05, 0.1) is 0 Å². The van der Waals surface area contributed by atoms with E-state index in [0.717, 1.165) is 38.5 Å². The number of halogens is 1. The number of hydrogen-bond acceptors (Lipinski definition) is 0. The van der Waals surface area contributed by atoms with Gasteiger partial charge in [-0.25, -0.2) is 0 Å². The van der Waals surface area contributed by atoms with Crippen LogP contribution >= 0.6 is 11.1 Å². The Morgan fingerprint density at radius 3 is 0.677 bits per heavy atom. The second-order valence-electron chi connectivity index (χ2n) is 17.8. The van der Waals surface area contributed by atoms with Gasteiger partial charge in [0.25, 0.3) is 0 Å². The van der Waals surface area contributed by atoms with Gasteiger partial charge in [-0.1, -0.05) is 218 Å². The number of benzene rings is 9. The molecule has 0 saturated carbocycles. The van der Waals surface area contributed by atoms with Crippen molar-refractivity contribution in [1.29, 1.82) is 0 Å². The molecule has 0 bridgehead atoms. The molecule has 0 saturated heterocycles. The summed E-state index contributed by atoms with van der Waals surface area (Å²) < 4.78 is 0. The van der Waals surface area contributed by atoms with Gasteiger partial charge in [0.2, 0.25) is 7.38 Å². The van der Waals surface area contributed by atoms with Crippen LogP contribution in [0.1, 0.15) is 83.5 Å². The fourth-order valence-electron chi connectivity index (χ4n) is 10.1. The summed E-state index contributed by atoms with van der Waals surface area (Å²) in [4.78, 5) is 0. The molecule has 0 aromatic heterocycles. The lowest BCUT2D eigenvalue weighted by molar-refractivity contribution is 1.07. The standard InChI is InChI=1S/C63H57ClSi/c1-46-58(43-52-28-16-7-17-29-52)55(40-49-22-10-4-11-23-49)34-37-61(46)65(64,62-38-35-56(41-50-24-12-5-13-25-50)59(47(62)2)44-53-30-18-8-19-31-53)63-39-36-57(42-51-26-14-6-15-27-51)60(48(63)3)45-54-32-20-9-21-33-54/h4-39H,40-45H2,1-3H3. The molecule has 320 valence electrons. The van der Waals surface area contributed by atoms with Crippen LogP contribution in [0.25, 0.3) is 0 Å². The van der Waals surface area contributed by atoms with Crippen molar-refractivity contribution in [2.45, 2.75) is 59.3 Å². The second-order valence-corrected chi connectivity index (χ2v) is 22.4. The number of rotatable bonds is 15. The zero-order valence-electron chi connectivity index (χ0n) is 37.9. The fourth-order valence-corrected chi connectivity index (χ4v) is 15.7. The first-order chi connectivity index (χ1) is 31.8. The van der Waals surface area contributed by atoms with Gasteiger partial charge in [0, 0.05) is 0 Å². The highest BCUT2D eigenvalue weighted by Gasteiger charge is 2.43. The van der Waals surface area contributed by atoms with Crippen molar-refractivity contribution >= 4 is 34.0 Å². The molecule has 9 aromatic carbocycles. The van der Waals surface area contributed by atoms with Crippen molar-refractivity contribution in [2.75, 3.05) is 0 Å². The molecule has 0 atom stereocenters. The van der Waals surface area contributed by atoms with Gasteiger partial charge in [-0.2, -0.15) is 0 Å². The quantitative estimate of drug-likeness (QED) is 0.0547. The molecule has 0 nitrogen and oxygen atoms in total. The Kier molecular flexibility index (Phi) is 13.5. The summed E-state index contributed by atoms with van der Waals surface area (Å²) >= 11 is 9.03. The van der Waals surface area contributed by atoms with Crippen molar-refractivity contribution in [2.24, 2.45) is 0 Å². The third-order valence-electron chi connectivity index (χ3n) is 13.6. The molecule has 0 amide bonds. The Balaban J connectivity index is 1.30. The lowest BCUT2D eigenvalue weighted by atomic mass is 9.91. The molecule has 0 fully saturated rings. The Morgan fingerprint density at radius 1 is 0.262 bits per heavy atom. The van der Waals surface area contributed by atoms with Crippen LogP contribution in [0.4, 0.5) is 0 Å². The molecule has 0 radical (unpaired) electrons. The molecule has 65 heavy (non-hydrogen) atoms. The Hall–Kier alpha value is -6.51. The second kappa shape index (κ2) is 20.1. The minimum Gasteiger partial charge on any atom is -0.149 e. The van der Waals surface area contributed by atoms with Crippen molar-refractivity contribution < 1.29 is 0 Å². The minimum atomic E-state index is -3.33. The third kappa shape index (κ3) is 9.79. The maximum atomic E-state index is 9.03. The zero-order valence-corrected chi connectivity index (χ0v) is 39.7. The molecule has 0 unspecified atom stereocenters. The summed E-state index contributed by atoms with van der Waals surface area (Å²) in [6.45, 7) is 7.08. The highest BCUT2D eigenvalue weighted by Crippen LogP contribution is 2.30. The van der Waals surface area contributed by atoms with Crippen LogP contribution in [0, 0.1) is 20.8 Å². The van der Waals surface area contributed by atoms with E-state index in [4.69, 9.17) is 11.1 Å². The van der Waals surface area contributed by atoms with Gasteiger partial charge < -0.3 is 0 Å². The van der Waals surface area contributed by atoms with Gasteiger partial charge in [-0.05, 0) is 158 Å². The smallest absolute Gasteiger partial charge is 0.149 e. The predicted molar refractivity (Wildman–Crippen MR) is 280 cm³/mol. The fraction of sp³-hybridized carbons (Fsp3) is 0.143. The molecule has 9 aromatic rings. The monoisotopic (exact) mass is 876 g/mol. The number of hydrogen-bond donors (Lipinski definition) is 0. The summed E-state index contributed by atoms with van der Waals surface area (Å²) in [5.41, 5.74) is 20.0. The Bertz CT molecular complexity index is 2650. The molecule has 0 aliphatic rings. The molecule has 0 aliphatic heterocycles. The molecule has 0 heterocycles. The van der Waals surface area contributed by atoms with E-state index in [1.165, 1.54) is 99.0 Å². The topological polar surface area (TPSA) is 0 Å². The van der Waals surface area contributed by atoms with Crippen LogP contribution < -0.4 is 15.6 Å². The average molecular weight is 878 g/mol. The van der Waals surface area contributed by atoms with E-state index in [9.17, 15) is 0 Å². The van der Waals surface area contributed by atoms with Crippen molar-refractivity contribution in [3.05, 3.63) is 302 Å². The van der Waals surface area contributed by atoms with Crippen LogP contribution in [0.15, 0.2) is 218 Å². The third-order valence-corrected chi connectivity index (χ3v) is 19.3. The largest absolute Gasteiger partial charge is 0.248 e. The maximum Gasteiger partial charge on any atom is 0.248 e. The van der Waals surface area contributed by atoms with Gasteiger partial charge >= 0.3 is 0 Å². The molecule has 0 N–H and O–H groups in total. The predicted octanol–water partition coefficient (Wildman–Crippen LogP) is 13.4. The Morgan fingerprint density at radius 2 is 0.462 bits per heavy atom. The average Bonchev–Trinajstić information content (AvgIpc) is 3.34. The molecule has 9 rings (SSSR count). The van der Waals surface area contributed by atoms with E-state index in [2.05, 4.69) is 239 Å². The molecular formula is C63H57ClSi. The van der Waals surface area contributed by atoms with Gasteiger partial charge in [0.1, 0.15) is 0 Å². The van der Waals surface area contributed by atoms with Crippen LogP contribution in [0.3, 0.4) is 0 Å². The van der Waals surface area contributed by atoms with Gasteiger partial charge in [-0.3, -0.25) is 0 Å². The zero-order chi connectivity index (χ0) is 44.6. The van der Waals surface area contributed by atoms with Crippen molar-refractivity contribution in [3.63, 3.8) is 0 Å². The van der Waals surface area contributed by atoms with Crippen molar-refractivity contribution in [3.8, 4) is 0 Å². The molecule has 0 aliphatic carbocycles. The lowest BCUT2D eigenvalue weighted by Gasteiger charge is -2.34. The van der Waals surface area contributed by atoms with E-state index in [1.807, 2.05) is 0 Å². The first kappa shape index (κ1) is 43.7. The van der Waals surface area contributed by atoms with Crippen LogP contribution in [0.2, 0.25) is 0 Å². The van der Waals surface area contributed by atoms with E-state index in [1.54, 1.807) is 0 Å². The van der Waals surface area contributed by atoms with Crippen LogP contribution in [0.5, 0.6) is 0 Å². The maximum absolute atomic E-state index is 9.03. The lowest BCUT2D eigenvalue weighted by Crippen LogP contribution is -2.65. The molecule has 2 heteroatoms. The van der Waals surface area contributed by atoms with E-state index >= 15 is 0 Å². The first-order valence-electron chi connectivity index (χ1n) is 23.1. The summed E-state index contributed by atoms with van der Waals surface area (Å²) in [6, 6.07) is 80.1. The van der Waals surface area contributed by atoms with E-state index in [0.29, 0.717) is 0 Å². The first-order valence-corrected chi connectivity index (χ1v) is 26.1. The van der Waals surface area contributed by atoms with E-state index < -0.39 is 7.38 Å². The van der Waals surface area contributed by atoms with Gasteiger partial charge in [0.15, 0.2) is 0 Å². The summed E-state index contributed by atoms with van der Waals surface area (Å²) in [5, 5.41) is 3.82. The van der Waals surface area contributed by atoms with Crippen LogP contribution in [-0.2, 0) is 38.5 Å². The highest BCUT2D eigenvalue weighted by atomic mass is 35.6. The van der Waals surface area contributed by atoms with Crippen molar-refractivity contribution in [1.82, 2.24) is 0 Å². The molecular weight excluding hydrogens is 820 g/mol. The minimum absolute atomic E-state index is 0.840. The van der Waals surface area contributed by atoms with Crippen LogP contribution in [-0.4, -0.2) is 7.38 Å². The normalized spacial score (nSPS) is 11.4. The summed E-state index contributed by atoms with van der Waals surface area (Å²) in [5.74, 6) is 0.